The minimum Gasteiger partial charge on any atom is -0.376 e. The predicted molar refractivity (Wildman–Crippen MR) is 210 cm³/mol. The Labute approximate surface area is 329 Å². The summed E-state index contributed by atoms with van der Waals surface area (Å²) in [5.41, 5.74) is -6.23. The van der Waals surface area contributed by atoms with Gasteiger partial charge in [-0.2, -0.15) is 43.2 Å². The van der Waals surface area contributed by atoms with Crippen LogP contribution < -0.4 is 8.37 Å². The lowest BCUT2D eigenvalue weighted by Gasteiger charge is -2.29. The molecule has 6 nitrogen and oxygen atoms in total. The van der Waals surface area contributed by atoms with Crippen molar-refractivity contribution in [1.29, 1.82) is 0 Å². The lowest BCUT2D eigenvalue weighted by Crippen LogP contribution is -2.29. The second kappa shape index (κ2) is 15.5. The zero-order valence-electron chi connectivity index (χ0n) is 29.7. The maximum atomic E-state index is 13.7. The first kappa shape index (κ1) is 39.8. The van der Waals surface area contributed by atoms with E-state index in [0.29, 0.717) is 56.1 Å². The lowest BCUT2D eigenvalue weighted by atomic mass is 9.74. The van der Waals surface area contributed by atoms with Gasteiger partial charge in [0.15, 0.2) is 0 Å². The van der Waals surface area contributed by atoms with Crippen LogP contribution in [0.5, 0.6) is 11.5 Å². The van der Waals surface area contributed by atoms with Crippen molar-refractivity contribution in [2.45, 2.75) is 11.0 Å². The monoisotopic (exact) mass is 830 g/mol. The Morgan fingerprint density at radius 3 is 0.724 bits per heavy atom. The molecule has 58 heavy (non-hydrogen) atoms. The van der Waals surface area contributed by atoms with E-state index in [2.05, 4.69) is 8.37 Å². The quantitative estimate of drug-likeness (QED) is 0.0775. The molecule has 7 aromatic rings. The Bertz CT molecular complexity index is 2630. The summed E-state index contributed by atoms with van der Waals surface area (Å²) < 4.78 is 141. The highest BCUT2D eigenvalue weighted by atomic mass is 32.2. The van der Waals surface area contributed by atoms with Gasteiger partial charge in [-0.15, -0.1) is 0 Å². The predicted octanol–water partition coefficient (Wildman–Crippen LogP) is 12.1. The minimum absolute atomic E-state index is 0.166. The minimum atomic E-state index is -6.44. The molecule has 0 N–H and O–H groups in total. The first-order chi connectivity index (χ1) is 27.6. The molecule has 0 fully saturated rings. The van der Waals surface area contributed by atoms with Gasteiger partial charge in [-0.05, 0) is 78.9 Å². The first-order valence-electron chi connectivity index (χ1n) is 17.2. The molecule has 0 saturated heterocycles. The van der Waals surface area contributed by atoms with Gasteiger partial charge >= 0.3 is 31.3 Å². The van der Waals surface area contributed by atoms with Crippen LogP contribution in [0.3, 0.4) is 0 Å². The van der Waals surface area contributed by atoms with Gasteiger partial charge in [0.25, 0.3) is 0 Å². The summed E-state index contributed by atoms with van der Waals surface area (Å²) in [4.78, 5) is 0. The van der Waals surface area contributed by atoms with Crippen LogP contribution in [0.15, 0.2) is 170 Å². The second-order valence-corrected chi connectivity index (χ2v) is 15.8. The summed E-state index contributed by atoms with van der Waals surface area (Å²) in [7, 11) is -12.9. The van der Waals surface area contributed by atoms with Crippen LogP contribution >= 0.6 is 0 Å². The third kappa shape index (κ3) is 7.93. The molecule has 0 heterocycles. The Hall–Kier alpha value is -6.38. The molecule has 0 aliphatic carbocycles. The van der Waals surface area contributed by atoms with E-state index in [9.17, 15) is 43.2 Å². The molecular formula is C44H28F6O6S2. The van der Waals surface area contributed by atoms with Crippen LogP contribution in [0.4, 0.5) is 26.3 Å². The molecule has 14 heteroatoms. The van der Waals surface area contributed by atoms with Crippen molar-refractivity contribution in [2.24, 2.45) is 0 Å². The van der Waals surface area contributed by atoms with Crippen LogP contribution in [0, 0.1) is 0 Å². The van der Waals surface area contributed by atoms with Crippen molar-refractivity contribution in [3.05, 3.63) is 170 Å². The number of alkyl halides is 6. The zero-order chi connectivity index (χ0) is 41.3. The van der Waals surface area contributed by atoms with Crippen molar-refractivity contribution in [1.82, 2.24) is 0 Å². The summed E-state index contributed by atoms with van der Waals surface area (Å²) in [6, 6.07) is 47.1. The summed E-state index contributed by atoms with van der Waals surface area (Å²) in [6.45, 7) is 0. The molecule has 0 radical (unpaired) electrons. The average molecular weight is 831 g/mol. The molecule has 0 bridgehead atoms. The highest BCUT2D eigenvalue weighted by Crippen LogP contribution is 2.56. The van der Waals surface area contributed by atoms with Crippen molar-refractivity contribution >= 4 is 20.2 Å². The number of rotatable bonds is 10. The highest BCUT2D eigenvalue weighted by molar-refractivity contribution is 7.88. The topological polar surface area (TPSA) is 86.7 Å². The van der Waals surface area contributed by atoms with Crippen LogP contribution in [-0.4, -0.2) is 27.9 Å². The number of halogens is 6. The Kier molecular flexibility index (Phi) is 10.7. The summed E-state index contributed by atoms with van der Waals surface area (Å²) in [5.74, 6) is -2.34. The SMILES string of the molecule is O=S(=O)(Oc1cc(OS(=O)(=O)C(F)(F)F)cc(-c2c(-c3ccccc3)c(-c3ccccc3)c(-c3ccccc3)c(-c3ccccc3)c2-c2ccccc2)c1)C(F)(F)F. The van der Waals surface area contributed by atoms with Gasteiger partial charge in [-0.3, -0.25) is 0 Å². The van der Waals surface area contributed by atoms with Crippen LogP contribution in [-0.2, 0) is 20.2 Å². The van der Waals surface area contributed by atoms with Crippen LogP contribution in [0.1, 0.15) is 0 Å². The van der Waals surface area contributed by atoms with E-state index in [1.165, 1.54) is 0 Å². The molecule has 0 spiro atoms. The van der Waals surface area contributed by atoms with Crippen molar-refractivity contribution in [3.8, 4) is 78.3 Å². The number of benzene rings is 7. The summed E-state index contributed by atoms with van der Waals surface area (Å²) in [6.07, 6.45) is 0. The largest absolute Gasteiger partial charge is 0.534 e. The average Bonchev–Trinajstić information content (AvgIpc) is 3.20. The van der Waals surface area contributed by atoms with E-state index in [0.717, 1.165) is 17.7 Å². The summed E-state index contributed by atoms with van der Waals surface area (Å²) in [5, 5.41) is 0. The van der Waals surface area contributed by atoms with Gasteiger partial charge in [0.1, 0.15) is 11.5 Å². The van der Waals surface area contributed by atoms with Crippen molar-refractivity contribution < 1.29 is 51.5 Å². The molecule has 0 aliphatic heterocycles. The van der Waals surface area contributed by atoms with Gasteiger partial charge in [0.05, 0.1) is 0 Å². The fourth-order valence-corrected chi connectivity index (χ4v) is 7.55. The second-order valence-electron chi connectivity index (χ2n) is 12.7. The fourth-order valence-electron chi connectivity index (χ4n) is 6.67. The van der Waals surface area contributed by atoms with Gasteiger partial charge in [0, 0.05) is 6.07 Å². The van der Waals surface area contributed by atoms with E-state index in [4.69, 9.17) is 0 Å². The maximum Gasteiger partial charge on any atom is 0.534 e. The van der Waals surface area contributed by atoms with Crippen molar-refractivity contribution in [2.75, 3.05) is 0 Å². The Balaban J connectivity index is 1.77. The molecule has 7 rings (SSSR count). The Morgan fingerprint density at radius 1 is 0.310 bits per heavy atom. The van der Waals surface area contributed by atoms with Crippen molar-refractivity contribution in [3.63, 3.8) is 0 Å². The number of hydrogen-bond donors (Lipinski definition) is 0. The standard InChI is InChI=1S/C44H28F6O6S2/c45-43(46,47)57(51,52)55-35-26-34(27-36(28-35)56-58(53,54)44(48,49)50)42-40(32-22-12-4-13-23-32)38(30-18-8-2-9-19-30)37(29-16-6-1-7-17-29)39(31-20-10-3-11-21-31)41(42)33-24-14-5-15-25-33/h1-28H. The van der Waals surface area contributed by atoms with E-state index in [1.54, 1.807) is 97.1 Å². The third-order valence-corrected chi connectivity index (χ3v) is 10.9. The van der Waals surface area contributed by atoms with Crippen LogP contribution in [0.2, 0.25) is 0 Å². The molecular weight excluding hydrogens is 803 g/mol. The molecule has 0 aliphatic rings. The molecule has 0 saturated carbocycles. The molecule has 294 valence electrons. The zero-order valence-corrected chi connectivity index (χ0v) is 31.3. The number of hydrogen-bond acceptors (Lipinski definition) is 6. The van der Waals surface area contributed by atoms with Crippen LogP contribution in [0.25, 0.3) is 66.8 Å². The van der Waals surface area contributed by atoms with E-state index in [-0.39, 0.29) is 11.1 Å². The van der Waals surface area contributed by atoms with E-state index >= 15 is 0 Å². The van der Waals surface area contributed by atoms with E-state index in [1.807, 2.05) is 54.6 Å². The third-order valence-electron chi connectivity index (χ3n) is 8.96. The van der Waals surface area contributed by atoms with Gasteiger partial charge in [0.2, 0.25) is 0 Å². The fraction of sp³-hybridized carbons (Fsp3) is 0.0455. The lowest BCUT2D eigenvalue weighted by molar-refractivity contribution is -0.0502. The summed E-state index contributed by atoms with van der Waals surface area (Å²) >= 11 is 0. The maximum absolute atomic E-state index is 13.7. The normalized spacial score (nSPS) is 12.2. The Morgan fingerprint density at radius 2 is 0.517 bits per heavy atom. The first-order valence-corrected chi connectivity index (χ1v) is 20.1. The molecule has 7 aromatic carbocycles. The van der Waals surface area contributed by atoms with Gasteiger partial charge in [-0.1, -0.05) is 152 Å². The highest BCUT2D eigenvalue weighted by Gasteiger charge is 2.50. The van der Waals surface area contributed by atoms with Gasteiger partial charge in [-0.25, -0.2) is 0 Å². The molecule has 0 unspecified atom stereocenters. The smallest absolute Gasteiger partial charge is 0.376 e. The van der Waals surface area contributed by atoms with E-state index < -0.39 is 42.8 Å². The molecule has 0 aromatic heterocycles. The van der Waals surface area contributed by atoms with Gasteiger partial charge < -0.3 is 8.37 Å². The molecule has 0 atom stereocenters. The molecule has 0 amide bonds.